The van der Waals surface area contributed by atoms with Crippen molar-refractivity contribution < 1.29 is 9.53 Å². The molecule has 1 N–H and O–H groups in total. The molecular formula is C17H19ClN4O2. The lowest BCUT2D eigenvalue weighted by Crippen LogP contribution is -2.46. The number of likely N-dealkylation sites (tertiary alicyclic amines) is 1. The van der Waals surface area contributed by atoms with Crippen molar-refractivity contribution in [3.05, 3.63) is 47.2 Å². The van der Waals surface area contributed by atoms with Gasteiger partial charge in [-0.1, -0.05) is 29.3 Å². The minimum Gasteiger partial charge on any atom is -0.458 e. The summed E-state index contributed by atoms with van der Waals surface area (Å²) in [5, 5.41) is 3.38. The van der Waals surface area contributed by atoms with Gasteiger partial charge < -0.3 is 15.0 Å². The molecule has 1 fully saturated rings. The Balaban J connectivity index is 1.57. The lowest BCUT2D eigenvalue weighted by Gasteiger charge is -2.32. The van der Waals surface area contributed by atoms with Crippen LogP contribution in [0.3, 0.4) is 0 Å². The number of hydrogen-bond donors (Lipinski definition) is 1. The van der Waals surface area contributed by atoms with Crippen molar-refractivity contribution in [3.63, 3.8) is 0 Å². The Hall–Kier alpha value is -2.34. The number of carbonyl (C=O) groups is 1. The first-order valence-corrected chi connectivity index (χ1v) is 8.25. The lowest BCUT2D eigenvalue weighted by atomic mass is 10.1. The highest BCUT2D eigenvalue weighted by Crippen LogP contribution is 2.17. The number of urea groups is 1. The van der Waals surface area contributed by atoms with Crippen molar-refractivity contribution in [1.82, 2.24) is 14.9 Å². The van der Waals surface area contributed by atoms with Crippen LogP contribution in [0.25, 0.3) is 0 Å². The molecule has 0 spiro atoms. The molecule has 1 aromatic carbocycles. The summed E-state index contributed by atoms with van der Waals surface area (Å²) in [6.07, 6.45) is 4.60. The Morgan fingerprint density at radius 1 is 1.29 bits per heavy atom. The van der Waals surface area contributed by atoms with Crippen LogP contribution in [0.15, 0.2) is 36.7 Å². The summed E-state index contributed by atoms with van der Waals surface area (Å²) in [6, 6.07) is 7.89. The number of aryl methyl sites for hydroxylation is 1. The second kappa shape index (κ2) is 7.49. The standard InChI is InChI=1S/C17H19ClN4O2/c1-12-4-6-14(7-5-12)21-17(23)22-8-2-3-15(11-22)24-16-19-9-13(18)10-20-16/h4-7,9-10,15H,2-3,8,11H2,1H3,(H,21,23)/t15-/m0/s1. The van der Waals surface area contributed by atoms with E-state index in [1.165, 1.54) is 12.4 Å². The van der Waals surface area contributed by atoms with Gasteiger partial charge in [-0.15, -0.1) is 0 Å². The van der Waals surface area contributed by atoms with Gasteiger partial charge in [0.1, 0.15) is 6.10 Å². The summed E-state index contributed by atoms with van der Waals surface area (Å²) in [7, 11) is 0. The van der Waals surface area contributed by atoms with Crippen LogP contribution in [-0.4, -0.2) is 40.1 Å². The second-order valence-electron chi connectivity index (χ2n) is 5.81. The Labute approximate surface area is 145 Å². The SMILES string of the molecule is Cc1ccc(NC(=O)N2CCC[C@H](Oc3ncc(Cl)cn3)C2)cc1. The number of halogens is 1. The van der Waals surface area contributed by atoms with Crippen molar-refractivity contribution in [2.75, 3.05) is 18.4 Å². The van der Waals surface area contributed by atoms with E-state index in [9.17, 15) is 4.79 Å². The van der Waals surface area contributed by atoms with E-state index in [1.54, 1.807) is 4.90 Å². The lowest BCUT2D eigenvalue weighted by molar-refractivity contribution is 0.0983. The molecule has 3 rings (SSSR count). The van der Waals surface area contributed by atoms with E-state index in [4.69, 9.17) is 16.3 Å². The van der Waals surface area contributed by atoms with E-state index in [-0.39, 0.29) is 18.1 Å². The van der Waals surface area contributed by atoms with Crippen LogP contribution in [0.1, 0.15) is 18.4 Å². The molecule has 126 valence electrons. The maximum atomic E-state index is 12.4. The summed E-state index contributed by atoms with van der Waals surface area (Å²) in [5.41, 5.74) is 1.94. The third-order valence-electron chi connectivity index (χ3n) is 3.84. The van der Waals surface area contributed by atoms with Gasteiger partial charge in [0.05, 0.1) is 24.0 Å². The third-order valence-corrected chi connectivity index (χ3v) is 4.03. The third kappa shape index (κ3) is 4.35. The van der Waals surface area contributed by atoms with Crippen molar-refractivity contribution in [2.45, 2.75) is 25.9 Å². The van der Waals surface area contributed by atoms with Crippen molar-refractivity contribution in [2.24, 2.45) is 0 Å². The number of anilines is 1. The minimum atomic E-state index is -0.122. The Bertz CT molecular complexity index is 691. The van der Waals surface area contributed by atoms with Gasteiger partial charge in [0.15, 0.2) is 0 Å². The van der Waals surface area contributed by atoms with Gasteiger partial charge in [-0.3, -0.25) is 0 Å². The van der Waals surface area contributed by atoms with Crippen molar-refractivity contribution in [3.8, 4) is 6.01 Å². The quantitative estimate of drug-likeness (QED) is 0.923. The predicted octanol–water partition coefficient (Wildman–Crippen LogP) is 3.51. The van der Waals surface area contributed by atoms with Gasteiger partial charge in [0.25, 0.3) is 0 Å². The number of piperidine rings is 1. The van der Waals surface area contributed by atoms with E-state index in [1.807, 2.05) is 31.2 Å². The summed E-state index contributed by atoms with van der Waals surface area (Å²) in [5.74, 6) is 0. The number of rotatable bonds is 3. The average Bonchev–Trinajstić information content (AvgIpc) is 2.59. The van der Waals surface area contributed by atoms with E-state index in [0.717, 1.165) is 24.1 Å². The number of hydrogen-bond acceptors (Lipinski definition) is 4. The monoisotopic (exact) mass is 346 g/mol. The summed E-state index contributed by atoms with van der Waals surface area (Å²) in [6.45, 7) is 3.22. The molecular weight excluding hydrogens is 328 g/mol. The van der Waals surface area contributed by atoms with Gasteiger partial charge >= 0.3 is 12.0 Å². The molecule has 0 unspecified atom stereocenters. The van der Waals surface area contributed by atoms with Gasteiger partial charge in [0, 0.05) is 12.2 Å². The van der Waals surface area contributed by atoms with Crippen molar-refractivity contribution in [1.29, 1.82) is 0 Å². The van der Waals surface area contributed by atoms with Gasteiger partial charge in [-0.2, -0.15) is 0 Å². The van der Waals surface area contributed by atoms with Gasteiger partial charge in [0.2, 0.25) is 0 Å². The highest BCUT2D eigenvalue weighted by molar-refractivity contribution is 6.30. The first-order valence-electron chi connectivity index (χ1n) is 7.87. The van der Waals surface area contributed by atoms with E-state index in [0.29, 0.717) is 18.1 Å². The number of nitrogens with one attached hydrogen (secondary N) is 1. The number of nitrogens with zero attached hydrogens (tertiary/aromatic N) is 3. The number of amides is 2. The van der Waals surface area contributed by atoms with Crippen LogP contribution in [0.4, 0.5) is 10.5 Å². The molecule has 7 heteroatoms. The molecule has 0 aliphatic carbocycles. The summed E-state index contributed by atoms with van der Waals surface area (Å²) < 4.78 is 5.75. The molecule has 1 aliphatic rings. The van der Waals surface area contributed by atoms with Crippen LogP contribution in [-0.2, 0) is 0 Å². The molecule has 1 saturated heterocycles. The summed E-state index contributed by atoms with van der Waals surface area (Å²) >= 11 is 5.76. The zero-order valence-corrected chi connectivity index (χ0v) is 14.2. The second-order valence-corrected chi connectivity index (χ2v) is 6.24. The number of ether oxygens (including phenoxy) is 1. The average molecular weight is 347 g/mol. The molecule has 6 nitrogen and oxygen atoms in total. The molecule has 0 bridgehead atoms. The zero-order valence-electron chi connectivity index (χ0n) is 13.4. The maximum Gasteiger partial charge on any atom is 0.321 e. The van der Waals surface area contributed by atoms with Gasteiger partial charge in [-0.05, 0) is 31.9 Å². The number of carbonyl (C=O) groups excluding carboxylic acids is 1. The molecule has 1 atom stereocenters. The highest BCUT2D eigenvalue weighted by atomic mass is 35.5. The van der Waals surface area contributed by atoms with Crippen LogP contribution >= 0.6 is 11.6 Å². The Kier molecular flexibility index (Phi) is 5.15. The molecule has 1 aromatic heterocycles. The first-order chi connectivity index (χ1) is 11.6. The molecule has 0 radical (unpaired) electrons. The van der Waals surface area contributed by atoms with Crippen LogP contribution < -0.4 is 10.1 Å². The smallest absolute Gasteiger partial charge is 0.321 e. The zero-order chi connectivity index (χ0) is 16.9. The fourth-order valence-corrected chi connectivity index (χ4v) is 2.67. The molecule has 24 heavy (non-hydrogen) atoms. The number of aromatic nitrogens is 2. The maximum absolute atomic E-state index is 12.4. The molecule has 2 heterocycles. The highest BCUT2D eigenvalue weighted by Gasteiger charge is 2.25. The number of benzene rings is 1. The molecule has 2 aromatic rings. The van der Waals surface area contributed by atoms with Gasteiger partial charge in [-0.25, -0.2) is 14.8 Å². The molecule has 1 aliphatic heterocycles. The molecule has 0 saturated carbocycles. The fourth-order valence-electron chi connectivity index (χ4n) is 2.57. The van der Waals surface area contributed by atoms with Crippen molar-refractivity contribution >= 4 is 23.3 Å². The minimum absolute atomic E-state index is 0.121. The fraction of sp³-hybridized carbons (Fsp3) is 0.353. The van der Waals surface area contributed by atoms with E-state index < -0.39 is 0 Å². The largest absolute Gasteiger partial charge is 0.458 e. The predicted molar refractivity (Wildman–Crippen MR) is 92.5 cm³/mol. The Morgan fingerprint density at radius 3 is 2.71 bits per heavy atom. The molecule has 2 amide bonds. The van der Waals surface area contributed by atoms with Crippen LogP contribution in [0, 0.1) is 6.92 Å². The van der Waals surface area contributed by atoms with E-state index >= 15 is 0 Å². The van der Waals surface area contributed by atoms with Crippen LogP contribution in [0.5, 0.6) is 6.01 Å². The topological polar surface area (TPSA) is 67.4 Å². The first kappa shape index (κ1) is 16.5. The van der Waals surface area contributed by atoms with E-state index in [2.05, 4.69) is 15.3 Å². The van der Waals surface area contributed by atoms with Crippen LogP contribution in [0.2, 0.25) is 5.02 Å². The summed E-state index contributed by atoms with van der Waals surface area (Å²) in [4.78, 5) is 22.2. The Morgan fingerprint density at radius 2 is 2.00 bits per heavy atom. The normalized spacial score (nSPS) is 17.4.